The van der Waals surface area contributed by atoms with Crippen molar-refractivity contribution < 1.29 is 4.79 Å². The van der Waals surface area contributed by atoms with Crippen molar-refractivity contribution in [2.45, 2.75) is 40.7 Å². The molecule has 0 spiro atoms. The van der Waals surface area contributed by atoms with Gasteiger partial charge in [0.1, 0.15) is 5.82 Å². The molecule has 186 valence electrons. The number of halogens is 2. The molecule has 5 nitrogen and oxygen atoms in total. The summed E-state index contributed by atoms with van der Waals surface area (Å²) in [5.41, 5.74) is 3.57. The number of rotatable bonds is 6. The number of fused-ring (bicyclic) bond motifs is 1. The van der Waals surface area contributed by atoms with Crippen LogP contribution in [0, 0.1) is 19.8 Å². The number of aryl methyl sites for hydroxylation is 2. The van der Waals surface area contributed by atoms with Gasteiger partial charge in [-0.2, -0.15) is 0 Å². The van der Waals surface area contributed by atoms with Crippen LogP contribution in [0.3, 0.4) is 0 Å². The maximum Gasteiger partial charge on any atom is 0.266 e. The van der Waals surface area contributed by atoms with E-state index in [-0.39, 0.29) is 22.4 Å². The van der Waals surface area contributed by atoms with Gasteiger partial charge in [0.2, 0.25) is 0 Å². The van der Waals surface area contributed by atoms with Crippen LogP contribution in [0.4, 0.5) is 0 Å². The summed E-state index contributed by atoms with van der Waals surface area (Å²) in [5.74, 6) is 0.418. The third-order valence-corrected chi connectivity index (χ3v) is 6.77. The zero-order valence-corrected chi connectivity index (χ0v) is 22.6. The Labute approximate surface area is 221 Å². The first-order valence-electron chi connectivity index (χ1n) is 11.9. The lowest BCUT2D eigenvalue weighted by molar-refractivity contribution is 0.0655. The summed E-state index contributed by atoms with van der Waals surface area (Å²) in [6.45, 7) is 10.4. The van der Waals surface area contributed by atoms with Gasteiger partial charge in [-0.25, -0.2) is 4.98 Å². The topological polar surface area (TPSA) is 55.2 Å². The highest BCUT2D eigenvalue weighted by Gasteiger charge is 2.29. The van der Waals surface area contributed by atoms with Crippen LogP contribution in [0.1, 0.15) is 54.1 Å². The molecule has 1 atom stereocenters. The number of aromatic nitrogens is 2. The molecule has 0 bridgehead atoms. The van der Waals surface area contributed by atoms with Crippen LogP contribution in [0.2, 0.25) is 10.0 Å². The van der Waals surface area contributed by atoms with Gasteiger partial charge in [-0.1, -0.05) is 66.9 Å². The van der Waals surface area contributed by atoms with Crippen LogP contribution >= 0.6 is 23.2 Å². The standard InChI is InChI=1S/C29H29Cl2N3O2/c1-17(2)16-33(28(35)22-12-11-21(30)15-24(22)31)20(5)27-32-25-9-7-6-8-23(25)29(36)34(27)26-13-10-18(3)14-19(26)4/h6-15,17,20H,16H2,1-5H3. The minimum absolute atomic E-state index is 0.170. The fourth-order valence-corrected chi connectivity index (χ4v) is 4.98. The minimum Gasteiger partial charge on any atom is -0.328 e. The second-order valence-corrected chi connectivity index (χ2v) is 10.4. The van der Waals surface area contributed by atoms with Crippen LogP contribution in [0.15, 0.2) is 65.5 Å². The van der Waals surface area contributed by atoms with Gasteiger partial charge < -0.3 is 4.90 Å². The van der Waals surface area contributed by atoms with Crippen LogP contribution in [0.25, 0.3) is 16.6 Å². The number of hydrogen-bond acceptors (Lipinski definition) is 3. The highest BCUT2D eigenvalue weighted by Crippen LogP contribution is 2.29. The number of hydrogen-bond donors (Lipinski definition) is 0. The Hall–Kier alpha value is -3.15. The van der Waals surface area contributed by atoms with Crippen molar-refractivity contribution in [3.05, 3.63) is 104 Å². The third kappa shape index (κ3) is 5.04. The second-order valence-electron chi connectivity index (χ2n) is 9.57. The average molecular weight is 522 g/mol. The molecule has 0 saturated carbocycles. The lowest BCUT2D eigenvalue weighted by Gasteiger charge is -2.32. The molecule has 7 heteroatoms. The Morgan fingerprint density at radius 3 is 2.39 bits per heavy atom. The summed E-state index contributed by atoms with van der Waals surface area (Å²) in [6, 6.07) is 17.6. The summed E-state index contributed by atoms with van der Waals surface area (Å²) < 4.78 is 1.64. The molecule has 4 rings (SSSR count). The number of amides is 1. The molecule has 1 heterocycles. The van der Waals surface area contributed by atoms with E-state index in [1.54, 1.807) is 33.7 Å². The molecular weight excluding hydrogens is 493 g/mol. The van der Waals surface area contributed by atoms with Gasteiger partial charge in [0, 0.05) is 11.6 Å². The Morgan fingerprint density at radius 1 is 1.00 bits per heavy atom. The minimum atomic E-state index is -0.523. The lowest BCUT2D eigenvalue weighted by Crippen LogP contribution is -2.39. The molecule has 0 aliphatic rings. The largest absolute Gasteiger partial charge is 0.328 e. The molecular formula is C29H29Cl2N3O2. The molecule has 0 radical (unpaired) electrons. The molecule has 0 N–H and O–H groups in total. The summed E-state index contributed by atoms with van der Waals surface area (Å²) in [5, 5.41) is 1.27. The van der Waals surface area contributed by atoms with Crippen molar-refractivity contribution in [3.63, 3.8) is 0 Å². The van der Waals surface area contributed by atoms with Crippen molar-refractivity contribution in [1.82, 2.24) is 14.5 Å². The number of carbonyl (C=O) groups excluding carboxylic acids is 1. The van der Waals surface area contributed by atoms with E-state index in [0.29, 0.717) is 33.9 Å². The first-order valence-corrected chi connectivity index (χ1v) is 12.7. The van der Waals surface area contributed by atoms with Crippen LogP contribution in [-0.2, 0) is 0 Å². The Bertz CT molecular complexity index is 1510. The summed E-state index contributed by atoms with van der Waals surface area (Å²) >= 11 is 12.5. The maximum absolute atomic E-state index is 13.9. The monoisotopic (exact) mass is 521 g/mol. The van der Waals surface area contributed by atoms with E-state index in [1.165, 1.54) is 0 Å². The second kappa shape index (κ2) is 10.5. The first-order chi connectivity index (χ1) is 17.1. The molecule has 1 aromatic heterocycles. The number of benzene rings is 3. The van der Waals surface area contributed by atoms with Gasteiger partial charge in [0.05, 0.1) is 33.2 Å². The van der Waals surface area contributed by atoms with Crippen molar-refractivity contribution >= 4 is 40.0 Å². The highest BCUT2D eigenvalue weighted by molar-refractivity contribution is 6.36. The molecule has 0 aliphatic carbocycles. The lowest BCUT2D eigenvalue weighted by atomic mass is 10.1. The molecule has 0 fully saturated rings. The quantitative estimate of drug-likeness (QED) is 0.270. The van der Waals surface area contributed by atoms with Gasteiger partial charge >= 0.3 is 0 Å². The number of para-hydroxylation sites is 1. The van der Waals surface area contributed by atoms with Crippen molar-refractivity contribution in [1.29, 1.82) is 0 Å². The predicted octanol–water partition coefficient (Wildman–Crippen LogP) is 7.17. The van der Waals surface area contributed by atoms with Crippen molar-refractivity contribution in [3.8, 4) is 5.69 Å². The Balaban J connectivity index is 1.95. The van der Waals surface area contributed by atoms with Gasteiger partial charge in [-0.3, -0.25) is 14.2 Å². The zero-order valence-electron chi connectivity index (χ0n) is 21.0. The van der Waals surface area contributed by atoms with Crippen molar-refractivity contribution in [2.75, 3.05) is 6.54 Å². The molecule has 0 saturated heterocycles. The molecule has 0 aliphatic heterocycles. The van der Waals surface area contributed by atoms with E-state index < -0.39 is 6.04 Å². The van der Waals surface area contributed by atoms with Crippen LogP contribution in [-0.4, -0.2) is 26.9 Å². The number of carbonyl (C=O) groups is 1. The molecule has 1 unspecified atom stereocenters. The van der Waals surface area contributed by atoms with Crippen molar-refractivity contribution in [2.24, 2.45) is 5.92 Å². The van der Waals surface area contributed by atoms with E-state index in [1.807, 2.05) is 71.0 Å². The third-order valence-electron chi connectivity index (χ3n) is 6.22. The van der Waals surface area contributed by atoms with E-state index in [4.69, 9.17) is 28.2 Å². The van der Waals surface area contributed by atoms with Gasteiger partial charge in [-0.15, -0.1) is 0 Å². The summed E-state index contributed by atoms with van der Waals surface area (Å²) in [4.78, 5) is 34.3. The van der Waals surface area contributed by atoms with Gasteiger partial charge in [0.25, 0.3) is 11.5 Å². The highest BCUT2D eigenvalue weighted by atomic mass is 35.5. The smallest absolute Gasteiger partial charge is 0.266 e. The van der Waals surface area contributed by atoms with E-state index >= 15 is 0 Å². The van der Waals surface area contributed by atoms with Gasteiger partial charge in [-0.05, 0) is 68.7 Å². The molecule has 1 amide bonds. The first kappa shape index (κ1) is 25.9. The normalized spacial score (nSPS) is 12.2. The number of nitrogens with zero attached hydrogens (tertiary/aromatic N) is 3. The SMILES string of the molecule is Cc1ccc(-n2c(C(C)N(CC(C)C)C(=O)c3ccc(Cl)cc3Cl)nc3ccccc3c2=O)c(C)c1. The fourth-order valence-electron chi connectivity index (χ4n) is 4.49. The zero-order chi connectivity index (χ0) is 26.1. The van der Waals surface area contributed by atoms with Crippen LogP contribution in [0.5, 0.6) is 0 Å². The average Bonchev–Trinajstić information content (AvgIpc) is 2.82. The van der Waals surface area contributed by atoms with E-state index in [2.05, 4.69) is 0 Å². The molecule has 3 aromatic carbocycles. The van der Waals surface area contributed by atoms with Crippen LogP contribution < -0.4 is 5.56 Å². The van der Waals surface area contributed by atoms with E-state index in [9.17, 15) is 9.59 Å². The Morgan fingerprint density at radius 2 is 1.72 bits per heavy atom. The summed E-state index contributed by atoms with van der Waals surface area (Å²) in [7, 11) is 0. The maximum atomic E-state index is 13.9. The van der Waals surface area contributed by atoms with Gasteiger partial charge in [0.15, 0.2) is 0 Å². The predicted molar refractivity (Wildman–Crippen MR) is 148 cm³/mol. The summed E-state index contributed by atoms with van der Waals surface area (Å²) in [6.07, 6.45) is 0. The molecule has 4 aromatic rings. The van der Waals surface area contributed by atoms with E-state index in [0.717, 1.165) is 16.8 Å². The molecule has 36 heavy (non-hydrogen) atoms. The Kier molecular flexibility index (Phi) is 7.53. The fraction of sp³-hybridized carbons (Fsp3) is 0.276.